The number of carbonyl (C=O) groups excluding carboxylic acids is 1. The zero-order valence-corrected chi connectivity index (χ0v) is 10.8. The number of pyridine rings is 1. The van der Waals surface area contributed by atoms with E-state index in [4.69, 9.17) is 0 Å². The van der Waals surface area contributed by atoms with Gasteiger partial charge in [0, 0.05) is 23.8 Å². The predicted molar refractivity (Wildman–Crippen MR) is 71.7 cm³/mol. The van der Waals surface area contributed by atoms with Crippen LogP contribution in [-0.4, -0.2) is 22.4 Å². The van der Waals surface area contributed by atoms with Gasteiger partial charge in [-0.25, -0.2) is 4.98 Å². The predicted octanol–water partition coefficient (Wildman–Crippen LogP) is 1.90. The van der Waals surface area contributed by atoms with E-state index in [1.165, 1.54) is 11.3 Å². The van der Waals surface area contributed by atoms with Crippen molar-refractivity contribution in [1.82, 2.24) is 15.3 Å². The van der Waals surface area contributed by atoms with Crippen molar-refractivity contribution in [3.05, 3.63) is 40.5 Å². The van der Waals surface area contributed by atoms with Crippen molar-refractivity contribution in [1.29, 1.82) is 0 Å². The number of carbonyl (C=O) groups is 1. The Labute approximate surface area is 109 Å². The fraction of sp³-hybridized carbons (Fsp3) is 0.250. The van der Waals surface area contributed by atoms with E-state index in [0.29, 0.717) is 12.1 Å². The second-order valence-corrected chi connectivity index (χ2v) is 4.58. The summed E-state index contributed by atoms with van der Waals surface area (Å²) in [6.45, 7) is 3.31. The Kier molecular flexibility index (Phi) is 4.25. The Balaban J connectivity index is 1.92. The molecule has 0 aromatic carbocycles. The molecule has 0 saturated carbocycles. The number of nitrogens with zero attached hydrogens (tertiary/aromatic N) is 2. The highest BCUT2D eigenvalue weighted by Gasteiger charge is 2.06. The number of amides is 1. The van der Waals surface area contributed by atoms with Gasteiger partial charge in [0.1, 0.15) is 5.82 Å². The summed E-state index contributed by atoms with van der Waals surface area (Å²) in [5.74, 6) is 0.649. The van der Waals surface area contributed by atoms with Crippen LogP contribution in [0.5, 0.6) is 0 Å². The van der Waals surface area contributed by atoms with Crippen LogP contribution in [0, 0.1) is 0 Å². The van der Waals surface area contributed by atoms with Crippen molar-refractivity contribution in [2.24, 2.45) is 0 Å². The van der Waals surface area contributed by atoms with Crippen molar-refractivity contribution in [2.75, 3.05) is 11.9 Å². The van der Waals surface area contributed by atoms with Crippen LogP contribution < -0.4 is 10.6 Å². The normalized spacial score (nSPS) is 10.1. The number of hydrogen-bond donors (Lipinski definition) is 2. The molecule has 0 unspecified atom stereocenters. The summed E-state index contributed by atoms with van der Waals surface area (Å²) < 4.78 is 0. The van der Waals surface area contributed by atoms with Crippen LogP contribution in [0.3, 0.4) is 0 Å². The molecule has 0 aliphatic rings. The molecule has 0 atom stereocenters. The molecule has 5 nitrogen and oxygen atoms in total. The SMILES string of the molecule is CCNc1ccc(C(=O)NCc2cncs2)cn1. The topological polar surface area (TPSA) is 66.9 Å². The first-order valence-corrected chi connectivity index (χ1v) is 6.53. The van der Waals surface area contributed by atoms with E-state index in [9.17, 15) is 4.79 Å². The Hall–Kier alpha value is -1.95. The van der Waals surface area contributed by atoms with Crippen LogP contribution in [0.15, 0.2) is 30.0 Å². The van der Waals surface area contributed by atoms with Gasteiger partial charge in [0.15, 0.2) is 0 Å². The third-order valence-corrected chi connectivity index (χ3v) is 3.07. The molecule has 0 aliphatic carbocycles. The molecule has 0 spiro atoms. The molecule has 18 heavy (non-hydrogen) atoms. The van der Waals surface area contributed by atoms with E-state index in [-0.39, 0.29) is 5.91 Å². The average molecular weight is 262 g/mol. The van der Waals surface area contributed by atoms with Gasteiger partial charge >= 0.3 is 0 Å². The Bertz CT molecular complexity index is 495. The highest BCUT2D eigenvalue weighted by Crippen LogP contribution is 2.07. The highest BCUT2D eigenvalue weighted by atomic mass is 32.1. The molecule has 2 heterocycles. The van der Waals surface area contributed by atoms with E-state index >= 15 is 0 Å². The summed E-state index contributed by atoms with van der Waals surface area (Å²) in [6, 6.07) is 3.55. The van der Waals surface area contributed by atoms with Gasteiger partial charge in [0.2, 0.25) is 0 Å². The number of hydrogen-bond acceptors (Lipinski definition) is 5. The molecule has 2 N–H and O–H groups in total. The van der Waals surface area contributed by atoms with Crippen LogP contribution in [0.25, 0.3) is 0 Å². The first-order chi connectivity index (χ1) is 8.79. The van der Waals surface area contributed by atoms with E-state index < -0.39 is 0 Å². The molecule has 0 radical (unpaired) electrons. The zero-order chi connectivity index (χ0) is 12.8. The number of rotatable bonds is 5. The molecule has 94 valence electrons. The standard InChI is InChI=1S/C12H14N4OS/c1-2-14-11-4-3-9(5-15-11)12(17)16-7-10-6-13-8-18-10/h3-6,8H,2,7H2,1H3,(H,14,15)(H,16,17). The molecule has 2 rings (SSSR count). The van der Waals surface area contributed by atoms with Crippen molar-refractivity contribution in [3.63, 3.8) is 0 Å². The smallest absolute Gasteiger partial charge is 0.253 e. The summed E-state index contributed by atoms with van der Waals surface area (Å²) >= 11 is 1.52. The average Bonchev–Trinajstić information content (AvgIpc) is 2.90. The van der Waals surface area contributed by atoms with Crippen LogP contribution in [-0.2, 0) is 6.54 Å². The fourth-order valence-corrected chi connectivity index (χ4v) is 1.95. The lowest BCUT2D eigenvalue weighted by Gasteiger charge is -2.05. The largest absolute Gasteiger partial charge is 0.370 e. The summed E-state index contributed by atoms with van der Waals surface area (Å²) in [6.07, 6.45) is 3.32. The van der Waals surface area contributed by atoms with E-state index in [1.807, 2.05) is 6.92 Å². The van der Waals surface area contributed by atoms with Crippen molar-refractivity contribution in [2.45, 2.75) is 13.5 Å². The molecular formula is C12H14N4OS. The maximum absolute atomic E-state index is 11.8. The molecular weight excluding hydrogens is 248 g/mol. The molecule has 0 fully saturated rings. The molecule has 2 aromatic rings. The van der Waals surface area contributed by atoms with Gasteiger partial charge in [0.05, 0.1) is 17.6 Å². The third kappa shape index (κ3) is 3.27. The first kappa shape index (κ1) is 12.5. The van der Waals surface area contributed by atoms with E-state index in [2.05, 4.69) is 20.6 Å². The molecule has 2 aromatic heterocycles. The summed E-state index contributed by atoms with van der Waals surface area (Å²) in [4.78, 5) is 21.0. The lowest BCUT2D eigenvalue weighted by molar-refractivity contribution is 0.0951. The van der Waals surface area contributed by atoms with Gasteiger partial charge in [-0.1, -0.05) is 0 Å². The van der Waals surface area contributed by atoms with Crippen LogP contribution in [0.1, 0.15) is 22.2 Å². The fourth-order valence-electron chi connectivity index (χ4n) is 1.41. The van der Waals surface area contributed by atoms with Gasteiger partial charge in [-0.3, -0.25) is 9.78 Å². The molecule has 0 saturated heterocycles. The molecule has 6 heteroatoms. The van der Waals surface area contributed by atoms with Gasteiger partial charge < -0.3 is 10.6 Å². The number of thiazole rings is 1. The molecule has 1 amide bonds. The van der Waals surface area contributed by atoms with Gasteiger partial charge in [-0.2, -0.15) is 0 Å². The summed E-state index contributed by atoms with van der Waals surface area (Å²) in [7, 11) is 0. The summed E-state index contributed by atoms with van der Waals surface area (Å²) in [5, 5.41) is 5.90. The molecule has 0 aliphatic heterocycles. The summed E-state index contributed by atoms with van der Waals surface area (Å²) in [5.41, 5.74) is 2.30. The van der Waals surface area contributed by atoms with Crippen LogP contribution in [0.4, 0.5) is 5.82 Å². The van der Waals surface area contributed by atoms with Crippen molar-refractivity contribution in [3.8, 4) is 0 Å². The second kappa shape index (κ2) is 6.11. The Morgan fingerprint density at radius 3 is 2.89 bits per heavy atom. The van der Waals surface area contributed by atoms with Gasteiger partial charge in [-0.05, 0) is 19.1 Å². The van der Waals surface area contributed by atoms with Crippen LogP contribution in [0.2, 0.25) is 0 Å². The van der Waals surface area contributed by atoms with Crippen LogP contribution >= 0.6 is 11.3 Å². The monoisotopic (exact) mass is 262 g/mol. The lowest BCUT2D eigenvalue weighted by Crippen LogP contribution is -2.22. The number of aromatic nitrogens is 2. The number of nitrogens with one attached hydrogen (secondary N) is 2. The maximum Gasteiger partial charge on any atom is 0.253 e. The highest BCUT2D eigenvalue weighted by molar-refractivity contribution is 7.09. The Morgan fingerprint density at radius 1 is 1.39 bits per heavy atom. The van der Waals surface area contributed by atoms with Crippen molar-refractivity contribution < 1.29 is 4.79 Å². The van der Waals surface area contributed by atoms with E-state index in [0.717, 1.165) is 17.2 Å². The third-order valence-electron chi connectivity index (χ3n) is 2.29. The lowest BCUT2D eigenvalue weighted by atomic mass is 10.2. The first-order valence-electron chi connectivity index (χ1n) is 5.65. The maximum atomic E-state index is 11.8. The quantitative estimate of drug-likeness (QED) is 0.863. The second-order valence-electron chi connectivity index (χ2n) is 3.61. The van der Waals surface area contributed by atoms with Gasteiger partial charge in [0.25, 0.3) is 5.91 Å². The number of anilines is 1. The zero-order valence-electron chi connectivity index (χ0n) is 10.0. The van der Waals surface area contributed by atoms with Crippen molar-refractivity contribution >= 4 is 23.1 Å². The minimum Gasteiger partial charge on any atom is -0.370 e. The Morgan fingerprint density at radius 2 is 2.28 bits per heavy atom. The minimum absolute atomic E-state index is 0.126. The minimum atomic E-state index is -0.126. The van der Waals surface area contributed by atoms with Gasteiger partial charge in [-0.15, -0.1) is 11.3 Å². The molecule has 0 bridgehead atoms. The van der Waals surface area contributed by atoms with E-state index in [1.54, 1.807) is 30.0 Å².